The highest BCUT2D eigenvalue weighted by atomic mass is 35.5. The van der Waals surface area contributed by atoms with Crippen LogP contribution in [0.3, 0.4) is 0 Å². The van der Waals surface area contributed by atoms with E-state index in [0.717, 1.165) is 57.7 Å². The molecule has 26 heavy (non-hydrogen) atoms. The lowest BCUT2D eigenvalue weighted by Gasteiger charge is -2.23. The van der Waals surface area contributed by atoms with E-state index in [1.807, 2.05) is 35.2 Å². The maximum Gasteiger partial charge on any atom is 0.253 e. The Morgan fingerprint density at radius 2 is 1.81 bits per heavy atom. The molecular weight excluding hydrogens is 346 g/mol. The van der Waals surface area contributed by atoms with Crippen LogP contribution in [0.2, 0.25) is 0 Å². The van der Waals surface area contributed by atoms with Crippen LogP contribution in [0, 0.1) is 0 Å². The topological polar surface area (TPSA) is 35.6 Å². The lowest BCUT2D eigenvalue weighted by Crippen LogP contribution is -2.35. The fraction of sp³-hybridized carbons (Fsp3) is 0.381. The van der Waals surface area contributed by atoms with Crippen molar-refractivity contribution < 1.29 is 4.79 Å². The molecule has 0 atom stereocenters. The van der Waals surface area contributed by atoms with Crippen molar-refractivity contribution in [1.29, 1.82) is 0 Å². The van der Waals surface area contributed by atoms with Gasteiger partial charge in [-0.25, -0.2) is 0 Å². The number of carbonyl (C=O) groups excluding carboxylic acids is 1. The lowest BCUT2D eigenvalue weighted by atomic mass is 10.1. The van der Waals surface area contributed by atoms with E-state index in [-0.39, 0.29) is 18.3 Å². The highest BCUT2D eigenvalue weighted by Crippen LogP contribution is 2.27. The molecule has 0 aromatic heterocycles. The molecule has 0 aliphatic carbocycles. The molecular formula is C21H26ClN3O. The Morgan fingerprint density at radius 3 is 2.65 bits per heavy atom. The Labute approximate surface area is 161 Å². The molecule has 2 aromatic carbocycles. The minimum atomic E-state index is 0. The van der Waals surface area contributed by atoms with Crippen molar-refractivity contribution in [2.45, 2.75) is 19.4 Å². The van der Waals surface area contributed by atoms with Crippen LogP contribution in [-0.4, -0.2) is 48.4 Å². The van der Waals surface area contributed by atoms with Gasteiger partial charge in [-0.1, -0.05) is 36.4 Å². The Hall–Kier alpha value is -2.04. The summed E-state index contributed by atoms with van der Waals surface area (Å²) in [4.78, 5) is 17.2. The Morgan fingerprint density at radius 1 is 0.962 bits per heavy atom. The van der Waals surface area contributed by atoms with Crippen LogP contribution in [0.25, 0.3) is 0 Å². The van der Waals surface area contributed by atoms with Gasteiger partial charge in [-0.05, 0) is 36.1 Å². The smallest absolute Gasteiger partial charge is 0.253 e. The Bertz CT molecular complexity index is 750. The number of benzene rings is 2. The standard InChI is InChI=1S/C21H25N3O.ClH/c25-21(18-6-2-1-3-7-18)24-13-5-12-23(14-15-24)16-19-9-4-8-17-10-11-22-20(17)19;/h1-4,6-9,22H,5,10-16H2;1H. The number of amides is 1. The van der Waals surface area contributed by atoms with Crippen molar-refractivity contribution in [3.8, 4) is 0 Å². The van der Waals surface area contributed by atoms with E-state index in [1.54, 1.807) is 0 Å². The zero-order valence-electron chi connectivity index (χ0n) is 15.0. The Kier molecular flexibility index (Phi) is 6.17. The van der Waals surface area contributed by atoms with Crippen molar-refractivity contribution in [2.75, 3.05) is 38.0 Å². The van der Waals surface area contributed by atoms with E-state index in [1.165, 1.54) is 16.8 Å². The average Bonchev–Trinajstić information content (AvgIpc) is 3.02. The first-order chi connectivity index (χ1) is 12.3. The first-order valence-corrected chi connectivity index (χ1v) is 9.22. The van der Waals surface area contributed by atoms with Crippen molar-refractivity contribution in [3.63, 3.8) is 0 Å². The second kappa shape index (κ2) is 8.56. The zero-order valence-corrected chi connectivity index (χ0v) is 15.8. The monoisotopic (exact) mass is 371 g/mol. The molecule has 4 nitrogen and oxygen atoms in total. The van der Waals surface area contributed by atoms with Gasteiger partial charge in [0.1, 0.15) is 0 Å². The number of hydrogen-bond acceptors (Lipinski definition) is 3. The second-order valence-electron chi connectivity index (χ2n) is 6.92. The first kappa shape index (κ1) is 18.7. The normalized spacial score (nSPS) is 17.0. The third kappa shape index (κ3) is 4.02. The van der Waals surface area contributed by atoms with Gasteiger partial charge >= 0.3 is 0 Å². The van der Waals surface area contributed by atoms with Gasteiger partial charge in [-0.3, -0.25) is 9.69 Å². The number of carbonyl (C=O) groups is 1. The average molecular weight is 372 g/mol. The van der Waals surface area contributed by atoms with Crippen molar-refractivity contribution in [3.05, 3.63) is 65.2 Å². The molecule has 1 fully saturated rings. The van der Waals surface area contributed by atoms with Gasteiger partial charge in [0.2, 0.25) is 0 Å². The number of rotatable bonds is 3. The van der Waals surface area contributed by atoms with Crippen LogP contribution in [0.5, 0.6) is 0 Å². The van der Waals surface area contributed by atoms with Crippen molar-refractivity contribution >= 4 is 24.0 Å². The van der Waals surface area contributed by atoms with Gasteiger partial charge in [0.15, 0.2) is 0 Å². The molecule has 1 amide bonds. The summed E-state index contributed by atoms with van der Waals surface area (Å²) in [5, 5.41) is 3.53. The second-order valence-corrected chi connectivity index (χ2v) is 6.92. The van der Waals surface area contributed by atoms with Gasteiger partial charge in [-0.15, -0.1) is 12.4 Å². The molecule has 2 heterocycles. The molecule has 0 spiro atoms. The SMILES string of the molecule is Cl.O=C(c1ccccc1)N1CCCN(Cc2cccc3c2NCC3)CC1. The molecule has 4 rings (SSSR count). The van der Waals surface area contributed by atoms with Gasteiger partial charge in [0.25, 0.3) is 5.91 Å². The van der Waals surface area contributed by atoms with Gasteiger partial charge in [0, 0.05) is 50.5 Å². The molecule has 0 bridgehead atoms. The summed E-state index contributed by atoms with van der Waals surface area (Å²) in [5.41, 5.74) is 4.95. The molecule has 2 aliphatic heterocycles. The minimum absolute atomic E-state index is 0. The maximum atomic E-state index is 12.7. The molecule has 0 saturated carbocycles. The van der Waals surface area contributed by atoms with Crippen LogP contribution in [0.1, 0.15) is 27.9 Å². The molecule has 2 aromatic rings. The third-order valence-corrected chi connectivity index (χ3v) is 5.22. The number of nitrogens with one attached hydrogen (secondary N) is 1. The van der Waals surface area contributed by atoms with Crippen LogP contribution in [-0.2, 0) is 13.0 Å². The molecule has 5 heteroatoms. The van der Waals surface area contributed by atoms with E-state index >= 15 is 0 Å². The number of nitrogens with zero attached hydrogens (tertiary/aromatic N) is 2. The zero-order chi connectivity index (χ0) is 17.1. The summed E-state index contributed by atoms with van der Waals surface area (Å²) in [6.07, 6.45) is 2.16. The molecule has 2 aliphatic rings. The first-order valence-electron chi connectivity index (χ1n) is 9.22. The quantitative estimate of drug-likeness (QED) is 0.897. The number of para-hydroxylation sites is 1. The lowest BCUT2D eigenvalue weighted by molar-refractivity contribution is 0.0761. The van der Waals surface area contributed by atoms with Gasteiger partial charge < -0.3 is 10.2 Å². The van der Waals surface area contributed by atoms with E-state index in [4.69, 9.17) is 0 Å². The predicted molar refractivity (Wildman–Crippen MR) is 108 cm³/mol. The molecule has 0 radical (unpaired) electrons. The van der Waals surface area contributed by atoms with E-state index in [9.17, 15) is 4.79 Å². The maximum absolute atomic E-state index is 12.7. The molecule has 1 N–H and O–H groups in total. The number of halogens is 1. The van der Waals surface area contributed by atoms with Crippen molar-refractivity contribution in [1.82, 2.24) is 9.80 Å². The van der Waals surface area contributed by atoms with Crippen LogP contribution in [0.4, 0.5) is 5.69 Å². The summed E-state index contributed by atoms with van der Waals surface area (Å²) in [6, 6.07) is 16.3. The molecule has 1 saturated heterocycles. The highest BCUT2D eigenvalue weighted by Gasteiger charge is 2.21. The van der Waals surface area contributed by atoms with Crippen LogP contribution >= 0.6 is 12.4 Å². The van der Waals surface area contributed by atoms with Crippen LogP contribution in [0.15, 0.2) is 48.5 Å². The van der Waals surface area contributed by atoms with E-state index in [0.29, 0.717) is 0 Å². The summed E-state index contributed by atoms with van der Waals surface area (Å²) < 4.78 is 0. The summed E-state index contributed by atoms with van der Waals surface area (Å²) >= 11 is 0. The predicted octanol–water partition coefficient (Wildman–Crippen LogP) is 3.42. The van der Waals surface area contributed by atoms with Gasteiger partial charge in [0.05, 0.1) is 0 Å². The highest BCUT2D eigenvalue weighted by molar-refractivity contribution is 5.94. The molecule has 138 valence electrons. The van der Waals surface area contributed by atoms with Gasteiger partial charge in [-0.2, -0.15) is 0 Å². The van der Waals surface area contributed by atoms with E-state index < -0.39 is 0 Å². The molecule has 0 unspecified atom stereocenters. The van der Waals surface area contributed by atoms with Crippen molar-refractivity contribution in [2.24, 2.45) is 0 Å². The third-order valence-electron chi connectivity index (χ3n) is 5.22. The fourth-order valence-electron chi connectivity index (χ4n) is 3.88. The summed E-state index contributed by atoms with van der Waals surface area (Å²) in [5.74, 6) is 0.157. The fourth-order valence-corrected chi connectivity index (χ4v) is 3.88. The minimum Gasteiger partial charge on any atom is -0.384 e. The largest absolute Gasteiger partial charge is 0.384 e. The number of fused-ring (bicyclic) bond motifs is 1. The summed E-state index contributed by atoms with van der Waals surface area (Å²) in [7, 11) is 0. The van der Waals surface area contributed by atoms with E-state index in [2.05, 4.69) is 28.4 Å². The number of hydrogen-bond donors (Lipinski definition) is 1. The Balaban J connectivity index is 0.00000196. The summed E-state index contributed by atoms with van der Waals surface area (Å²) in [6.45, 7) is 5.63. The van der Waals surface area contributed by atoms with Crippen LogP contribution < -0.4 is 5.32 Å². The number of anilines is 1.